The van der Waals surface area contributed by atoms with Gasteiger partial charge in [-0.2, -0.15) is 0 Å². The van der Waals surface area contributed by atoms with E-state index in [1.54, 1.807) is 11.8 Å². The summed E-state index contributed by atoms with van der Waals surface area (Å²) < 4.78 is 5.15. The monoisotopic (exact) mass is 267 g/mol. The summed E-state index contributed by atoms with van der Waals surface area (Å²) in [5, 5.41) is 0. The highest BCUT2D eigenvalue weighted by atomic mass is 16.5. The van der Waals surface area contributed by atoms with E-state index in [0.717, 1.165) is 0 Å². The number of β-lactam (4-membered cyclic amide) rings is 1. The molecule has 1 saturated carbocycles. The second-order valence-electron chi connectivity index (χ2n) is 6.34. The van der Waals surface area contributed by atoms with Crippen molar-refractivity contribution in [3.63, 3.8) is 0 Å². The van der Waals surface area contributed by atoms with Gasteiger partial charge in [-0.1, -0.05) is 26.2 Å². The van der Waals surface area contributed by atoms with Crippen molar-refractivity contribution >= 4 is 11.9 Å². The molecule has 19 heavy (non-hydrogen) atoms. The summed E-state index contributed by atoms with van der Waals surface area (Å²) in [6.45, 7) is 5.94. The van der Waals surface area contributed by atoms with Gasteiger partial charge in [-0.05, 0) is 32.6 Å². The van der Waals surface area contributed by atoms with Crippen LogP contribution >= 0.6 is 0 Å². The van der Waals surface area contributed by atoms with Gasteiger partial charge in [0.15, 0.2) is 6.73 Å². The minimum Gasteiger partial charge on any atom is -0.444 e. The average Bonchev–Trinajstić information content (AvgIpc) is 2.42. The van der Waals surface area contributed by atoms with Gasteiger partial charge >= 0.3 is 5.97 Å². The zero-order chi connectivity index (χ0) is 14.0. The van der Waals surface area contributed by atoms with Crippen LogP contribution in [-0.2, 0) is 14.3 Å². The third-order valence-electron chi connectivity index (χ3n) is 4.64. The Morgan fingerprint density at radius 2 is 1.95 bits per heavy atom. The quantitative estimate of drug-likeness (QED) is 0.581. The van der Waals surface area contributed by atoms with Gasteiger partial charge in [-0.15, -0.1) is 0 Å². The summed E-state index contributed by atoms with van der Waals surface area (Å²) in [5.41, 5.74) is -0.291. The summed E-state index contributed by atoms with van der Waals surface area (Å²) in [4.78, 5) is 25.2. The first kappa shape index (κ1) is 14.4. The predicted molar refractivity (Wildman–Crippen MR) is 72.2 cm³/mol. The Morgan fingerprint density at radius 3 is 2.53 bits per heavy atom. The molecule has 0 N–H and O–H groups in total. The summed E-state index contributed by atoms with van der Waals surface area (Å²) in [6, 6.07) is 0.241. The molecule has 2 fully saturated rings. The lowest BCUT2D eigenvalue weighted by Crippen LogP contribution is -2.69. The molecule has 0 aromatic carbocycles. The van der Waals surface area contributed by atoms with E-state index in [2.05, 4.69) is 0 Å². The van der Waals surface area contributed by atoms with E-state index in [1.807, 2.05) is 13.8 Å². The van der Waals surface area contributed by atoms with Crippen LogP contribution in [0.4, 0.5) is 0 Å². The molecule has 1 atom stereocenters. The molecular weight excluding hydrogens is 242 g/mol. The van der Waals surface area contributed by atoms with Crippen LogP contribution < -0.4 is 0 Å². The normalized spacial score (nSPS) is 27.0. The molecule has 0 aromatic heterocycles. The van der Waals surface area contributed by atoms with Gasteiger partial charge in [0.2, 0.25) is 5.91 Å². The van der Waals surface area contributed by atoms with Crippen LogP contribution in [0.25, 0.3) is 0 Å². The Hall–Kier alpha value is -1.06. The van der Waals surface area contributed by atoms with Crippen LogP contribution in [0, 0.1) is 11.3 Å². The zero-order valence-electron chi connectivity index (χ0n) is 12.3. The number of likely N-dealkylation sites (tertiary alicyclic amines) is 1. The largest absolute Gasteiger partial charge is 0.444 e. The van der Waals surface area contributed by atoms with Crippen LogP contribution in [0.2, 0.25) is 0 Å². The van der Waals surface area contributed by atoms with Crippen LogP contribution in [0.15, 0.2) is 0 Å². The van der Waals surface area contributed by atoms with Crippen molar-refractivity contribution in [2.24, 2.45) is 11.3 Å². The third kappa shape index (κ3) is 2.63. The first-order valence-corrected chi connectivity index (χ1v) is 7.45. The first-order valence-electron chi connectivity index (χ1n) is 7.45. The van der Waals surface area contributed by atoms with E-state index in [9.17, 15) is 9.59 Å². The SMILES string of the molecule is CCC(=O)OCN1C(=O)C(C)(C)C1C1CCCCC1. The molecule has 1 aliphatic heterocycles. The molecule has 1 heterocycles. The highest BCUT2D eigenvalue weighted by molar-refractivity contribution is 5.89. The van der Waals surface area contributed by atoms with Gasteiger partial charge in [-0.25, -0.2) is 0 Å². The predicted octanol–water partition coefficient (Wildman–Crippen LogP) is 2.71. The number of nitrogens with zero attached hydrogens (tertiary/aromatic N) is 1. The number of hydrogen-bond acceptors (Lipinski definition) is 3. The molecule has 2 rings (SSSR count). The maximum absolute atomic E-state index is 12.2. The van der Waals surface area contributed by atoms with Crippen molar-refractivity contribution in [3.05, 3.63) is 0 Å². The van der Waals surface area contributed by atoms with Crippen LogP contribution in [-0.4, -0.2) is 29.5 Å². The fourth-order valence-electron chi connectivity index (χ4n) is 3.62. The molecule has 4 heteroatoms. The lowest BCUT2D eigenvalue weighted by molar-refractivity contribution is -0.189. The number of ether oxygens (including phenoxy) is 1. The molecule has 1 saturated heterocycles. The number of amides is 1. The first-order chi connectivity index (χ1) is 8.98. The number of rotatable bonds is 4. The third-order valence-corrected chi connectivity index (χ3v) is 4.64. The maximum Gasteiger partial charge on any atom is 0.307 e. The molecule has 0 radical (unpaired) electrons. The van der Waals surface area contributed by atoms with E-state index >= 15 is 0 Å². The van der Waals surface area contributed by atoms with Crippen LogP contribution in [0.1, 0.15) is 59.3 Å². The summed E-state index contributed by atoms with van der Waals surface area (Å²) >= 11 is 0. The molecule has 1 amide bonds. The maximum atomic E-state index is 12.2. The highest BCUT2D eigenvalue weighted by Crippen LogP contribution is 2.46. The molecular formula is C15H25NO3. The van der Waals surface area contributed by atoms with E-state index in [0.29, 0.717) is 12.3 Å². The van der Waals surface area contributed by atoms with Crippen molar-refractivity contribution in [2.45, 2.75) is 65.3 Å². The van der Waals surface area contributed by atoms with Crippen molar-refractivity contribution in [1.82, 2.24) is 4.90 Å². The van der Waals surface area contributed by atoms with Crippen molar-refractivity contribution in [2.75, 3.05) is 6.73 Å². The summed E-state index contributed by atoms with van der Waals surface area (Å²) in [5.74, 6) is 0.452. The Morgan fingerprint density at radius 1 is 1.32 bits per heavy atom. The molecule has 108 valence electrons. The molecule has 1 aliphatic carbocycles. The Bertz CT molecular complexity index is 358. The van der Waals surface area contributed by atoms with Gasteiger partial charge in [0, 0.05) is 6.42 Å². The smallest absolute Gasteiger partial charge is 0.307 e. The van der Waals surface area contributed by atoms with E-state index in [1.165, 1.54) is 32.1 Å². The number of carbonyl (C=O) groups is 2. The van der Waals surface area contributed by atoms with Crippen LogP contribution in [0.5, 0.6) is 0 Å². The van der Waals surface area contributed by atoms with E-state index in [-0.39, 0.29) is 30.1 Å². The van der Waals surface area contributed by atoms with Crippen molar-refractivity contribution in [1.29, 1.82) is 0 Å². The average molecular weight is 267 g/mol. The van der Waals surface area contributed by atoms with Gasteiger partial charge in [0.05, 0.1) is 11.5 Å². The molecule has 0 spiro atoms. The molecule has 0 bridgehead atoms. The van der Waals surface area contributed by atoms with Gasteiger partial charge < -0.3 is 9.64 Å². The van der Waals surface area contributed by atoms with Crippen molar-refractivity contribution in [3.8, 4) is 0 Å². The second kappa shape index (κ2) is 5.51. The minimum atomic E-state index is -0.291. The fourth-order valence-corrected chi connectivity index (χ4v) is 3.62. The topological polar surface area (TPSA) is 46.6 Å². The highest BCUT2D eigenvalue weighted by Gasteiger charge is 2.57. The number of hydrogen-bond donors (Lipinski definition) is 0. The lowest BCUT2D eigenvalue weighted by Gasteiger charge is -2.56. The molecule has 2 aliphatic rings. The Balaban J connectivity index is 2.00. The molecule has 1 unspecified atom stereocenters. The van der Waals surface area contributed by atoms with Crippen LogP contribution in [0.3, 0.4) is 0 Å². The fraction of sp³-hybridized carbons (Fsp3) is 0.867. The van der Waals surface area contributed by atoms with E-state index < -0.39 is 0 Å². The molecule has 0 aromatic rings. The standard InChI is InChI=1S/C15H25NO3/c1-4-12(17)19-10-16-13(15(2,3)14(16)18)11-8-6-5-7-9-11/h11,13H,4-10H2,1-3H3. The number of carbonyl (C=O) groups excluding carboxylic acids is 2. The summed E-state index contributed by atoms with van der Waals surface area (Å²) in [7, 11) is 0. The van der Waals surface area contributed by atoms with Gasteiger partial charge in [0.1, 0.15) is 0 Å². The molecule has 4 nitrogen and oxygen atoms in total. The Labute approximate surface area is 115 Å². The lowest BCUT2D eigenvalue weighted by atomic mass is 9.65. The Kier molecular flexibility index (Phi) is 4.16. The van der Waals surface area contributed by atoms with Gasteiger partial charge in [0.25, 0.3) is 0 Å². The zero-order valence-corrected chi connectivity index (χ0v) is 12.3. The minimum absolute atomic E-state index is 0.118. The summed E-state index contributed by atoms with van der Waals surface area (Å²) in [6.07, 6.45) is 6.57. The second-order valence-corrected chi connectivity index (χ2v) is 6.34. The van der Waals surface area contributed by atoms with E-state index in [4.69, 9.17) is 4.74 Å². The number of esters is 1. The van der Waals surface area contributed by atoms with Crippen molar-refractivity contribution < 1.29 is 14.3 Å². The van der Waals surface area contributed by atoms with Gasteiger partial charge in [-0.3, -0.25) is 9.59 Å².